The summed E-state index contributed by atoms with van der Waals surface area (Å²) in [6, 6.07) is 7.18. The van der Waals surface area contributed by atoms with Crippen LogP contribution in [0, 0.1) is 13.8 Å². The summed E-state index contributed by atoms with van der Waals surface area (Å²) in [7, 11) is -3.75. The first-order valence-electron chi connectivity index (χ1n) is 8.39. The highest BCUT2D eigenvalue weighted by atomic mass is 32.2. The summed E-state index contributed by atoms with van der Waals surface area (Å²) in [6.45, 7) is 3.33. The Hall–Kier alpha value is -2.68. The number of aryl methyl sites for hydroxylation is 2. The lowest BCUT2D eigenvalue weighted by molar-refractivity contribution is 0.379. The number of aromatic amines is 1. The lowest BCUT2D eigenvalue weighted by atomic mass is 10.1. The average Bonchev–Trinajstić information content (AvgIpc) is 3.24. The van der Waals surface area contributed by atoms with Crippen LogP contribution < -0.4 is 4.72 Å². The molecule has 0 amide bonds. The Morgan fingerprint density at radius 3 is 2.73 bits per heavy atom. The minimum absolute atomic E-state index is 0.168. The van der Waals surface area contributed by atoms with E-state index in [-0.39, 0.29) is 4.90 Å². The molecule has 1 aliphatic carbocycles. The number of hydrogen-bond donors (Lipinski definition) is 2. The van der Waals surface area contributed by atoms with Crippen LogP contribution in [-0.2, 0) is 16.4 Å². The highest BCUT2D eigenvalue weighted by Crippen LogP contribution is 2.38. The summed E-state index contributed by atoms with van der Waals surface area (Å²) in [5, 5.41) is 10.7. The maximum Gasteiger partial charge on any atom is 0.265 e. The maximum atomic E-state index is 12.8. The van der Waals surface area contributed by atoms with Crippen LogP contribution in [0.15, 0.2) is 33.7 Å². The molecule has 0 bridgehead atoms. The molecule has 1 saturated carbocycles. The number of H-pyrrole nitrogens is 1. The van der Waals surface area contributed by atoms with E-state index in [1.807, 2.05) is 12.1 Å². The Kier molecular flexibility index (Phi) is 4.03. The van der Waals surface area contributed by atoms with Gasteiger partial charge in [0.25, 0.3) is 10.0 Å². The Morgan fingerprint density at radius 1 is 1.27 bits per heavy atom. The molecule has 136 valence electrons. The van der Waals surface area contributed by atoms with Crippen molar-refractivity contribution in [3.05, 3.63) is 52.9 Å². The molecule has 0 aliphatic heterocycles. The summed E-state index contributed by atoms with van der Waals surface area (Å²) < 4.78 is 33.5. The van der Waals surface area contributed by atoms with E-state index in [0.717, 1.165) is 24.2 Å². The van der Waals surface area contributed by atoms with E-state index >= 15 is 0 Å². The van der Waals surface area contributed by atoms with Crippen molar-refractivity contribution in [2.45, 2.75) is 43.9 Å². The molecule has 9 heteroatoms. The number of aromatic nitrogens is 4. The van der Waals surface area contributed by atoms with E-state index in [1.54, 1.807) is 26.0 Å². The third-order valence-electron chi connectivity index (χ3n) is 4.36. The Labute approximate surface area is 151 Å². The molecule has 2 heterocycles. The Morgan fingerprint density at radius 2 is 2.04 bits per heavy atom. The van der Waals surface area contributed by atoms with Crippen molar-refractivity contribution in [3.63, 3.8) is 0 Å². The molecule has 3 aromatic rings. The average molecular weight is 373 g/mol. The number of sulfonamides is 1. The zero-order valence-corrected chi connectivity index (χ0v) is 15.3. The van der Waals surface area contributed by atoms with Crippen LogP contribution in [-0.4, -0.2) is 28.8 Å². The Balaban J connectivity index is 1.61. The number of rotatable bonds is 6. The fourth-order valence-corrected chi connectivity index (χ4v) is 4.39. The van der Waals surface area contributed by atoms with Gasteiger partial charge >= 0.3 is 0 Å². The molecule has 4 rings (SSSR count). The second kappa shape index (κ2) is 6.24. The second-order valence-electron chi connectivity index (χ2n) is 6.52. The molecule has 2 aromatic heterocycles. The minimum atomic E-state index is -3.75. The van der Waals surface area contributed by atoms with Crippen LogP contribution >= 0.6 is 0 Å². The van der Waals surface area contributed by atoms with Gasteiger partial charge in [0.05, 0.1) is 23.5 Å². The lowest BCUT2D eigenvalue weighted by Crippen LogP contribution is -2.16. The van der Waals surface area contributed by atoms with Gasteiger partial charge in [-0.3, -0.25) is 9.82 Å². The smallest absolute Gasteiger partial charge is 0.265 e. The van der Waals surface area contributed by atoms with Crippen molar-refractivity contribution >= 4 is 15.7 Å². The summed E-state index contributed by atoms with van der Waals surface area (Å²) in [6.07, 6.45) is 2.55. The van der Waals surface area contributed by atoms with Crippen LogP contribution in [0.3, 0.4) is 0 Å². The third kappa shape index (κ3) is 3.22. The summed E-state index contributed by atoms with van der Waals surface area (Å²) in [5.74, 6) is 1.63. The Bertz CT molecular complexity index is 1030. The number of para-hydroxylation sites is 1. The van der Waals surface area contributed by atoms with Crippen LogP contribution in [0.2, 0.25) is 0 Å². The fraction of sp³-hybridized carbons (Fsp3) is 0.353. The standard InChI is InChI=1S/C17H19N5O3S/c1-10-16(11(2)20-19-10)26(23,24)22-14-6-4-3-5-13(14)9-15-18-17(21-25-15)12-7-8-12/h3-6,12,22H,7-9H2,1-2H3,(H,19,20). The number of hydrogen-bond acceptors (Lipinski definition) is 6. The molecule has 2 N–H and O–H groups in total. The molecule has 0 spiro atoms. The largest absolute Gasteiger partial charge is 0.339 e. The van der Waals surface area contributed by atoms with Gasteiger partial charge in [0.1, 0.15) is 4.90 Å². The van der Waals surface area contributed by atoms with Gasteiger partial charge in [0, 0.05) is 5.92 Å². The van der Waals surface area contributed by atoms with Crippen LogP contribution in [0.4, 0.5) is 5.69 Å². The normalized spacial score (nSPS) is 14.5. The van der Waals surface area contributed by atoms with Crippen LogP contribution in [0.1, 0.15) is 47.4 Å². The van der Waals surface area contributed by atoms with Gasteiger partial charge in [0.15, 0.2) is 5.82 Å². The molecular formula is C17H19N5O3S. The van der Waals surface area contributed by atoms with E-state index in [0.29, 0.717) is 35.3 Å². The molecule has 0 radical (unpaired) electrons. The fourth-order valence-electron chi connectivity index (χ4n) is 2.92. The predicted octanol–water partition coefficient (Wildman–Crippen LogP) is 2.68. The van der Waals surface area contributed by atoms with Gasteiger partial charge in [0.2, 0.25) is 5.89 Å². The van der Waals surface area contributed by atoms with Gasteiger partial charge in [-0.05, 0) is 38.3 Å². The maximum absolute atomic E-state index is 12.8. The van der Waals surface area contributed by atoms with E-state index in [4.69, 9.17) is 4.52 Å². The second-order valence-corrected chi connectivity index (χ2v) is 8.14. The van der Waals surface area contributed by atoms with E-state index in [1.165, 1.54) is 0 Å². The van der Waals surface area contributed by atoms with Crippen LogP contribution in [0.5, 0.6) is 0 Å². The first-order valence-corrected chi connectivity index (χ1v) is 9.87. The third-order valence-corrected chi connectivity index (χ3v) is 5.99. The monoisotopic (exact) mass is 373 g/mol. The van der Waals surface area contributed by atoms with Crippen molar-refractivity contribution < 1.29 is 12.9 Å². The van der Waals surface area contributed by atoms with Gasteiger partial charge in [-0.1, -0.05) is 23.4 Å². The molecule has 8 nitrogen and oxygen atoms in total. The molecule has 0 saturated heterocycles. The van der Waals surface area contributed by atoms with Crippen molar-refractivity contribution in [2.24, 2.45) is 0 Å². The van der Waals surface area contributed by atoms with E-state index in [9.17, 15) is 8.42 Å². The number of nitrogens with one attached hydrogen (secondary N) is 2. The zero-order valence-electron chi connectivity index (χ0n) is 14.5. The van der Waals surface area contributed by atoms with E-state index in [2.05, 4.69) is 25.1 Å². The van der Waals surface area contributed by atoms with Gasteiger partial charge in [-0.25, -0.2) is 8.42 Å². The van der Waals surface area contributed by atoms with Gasteiger partial charge in [-0.15, -0.1) is 0 Å². The van der Waals surface area contributed by atoms with Crippen LogP contribution in [0.25, 0.3) is 0 Å². The molecule has 26 heavy (non-hydrogen) atoms. The number of benzene rings is 1. The SMILES string of the molecule is Cc1n[nH]c(C)c1S(=O)(=O)Nc1ccccc1Cc1nc(C2CC2)no1. The first kappa shape index (κ1) is 16.8. The predicted molar refractivity (Wildman–Crippen MR) is 94.4 cm³/mol. The van der Waals surface area contributed by atoms with Crippen molar-refractivity contribution in [2.75, 3.05) is 4.72 Å². The number of anilines is 1. The zero-order chi connectivity index (χ0) is 18.3. The highest BCUT2D eigenvalue weighted by Gasteiger charge is 2.29. The van der Waals surface area contributed by atoms with Crippen molar-refractivity contribution in [3.8, 4) is 0 Å². The highest BCUT2D eigenvalue weighted by molar-refractivity contribution is 7.92. The molecule has 0 unspecified atom stereocenters. The lowest BCUT2D eigenvalue weighted by Gasteiger charge is -2.11. The van der Waals surface area contributed by atoms with E-state index < -0.39 is 10.0 Å². The van der Waals surface area contributed by atoms with Gasteiger partial charge < -0.3 is 4.52 Å². The molecule has 0 atom stereocenters. The molecule has 1 aromatic carbocycles. The number of nitrogens with zero attached hydrogens (tertiary/aromatic N) is 3. The molecule has 1 aliphatic rings. The summed E-state index contributed by atoms with van der Waals surface area (Å²) in [4.78, 5) is 4.58. The van der Waals surface area contributed by atoms with Gasteiger partial charge in [-0.2, -0.15) is 10.1 Å². The summed E-state index contributed by atoms with van der Waals surface area (Å²) >= 11 is 0. The molecule has 1 fully saturated rings. The topological polar surface area (TPSA) is 114 Å². The summed E-state index contributed by atoms with van der Waals surface area (Å²) in [5.41, 5.74) is 2.18. The van der Waals surface area contributed by atoms with Crippen molar-refractivity contribution in [1.82, 2.24) is 20.3 Å². The minimum Gasteiger partial charge on any atom is -0.339 e. The first-order chi connectivity index (χ1) is 12.4. The quantitative estimate of drug-likeness (QED) is 0.687. The molecular weight excluding hydrogens is 354 g/mol. The van der Waals surface area contributed by atoms with Crippen molar-refractivity contribution in [1.29, 1.82) is 0 Å².